The number of aryl methyl sites for hydroxylation is 1. The van der Waals surface area contributed by atoms with Crippen LogP contribution >= 0.6 is 23.4 Å². The Morgan fingerprint density at radius 1 is 1.04 bits per heavy atom. The molecule has 0 unspecified atom stereocenters. The fourth-order valence-corrected chi connectivity index (χ4v) is 7.09. The molecule has 1 heterocycles. The van der Waals surface area contributed by atoms with E-state index in [9.17, 15) is 15.0 Å². The SMILES string of the molecule is CC(C)(O)c1ccccc1CC[C@@H](SCC1(CC(=O)O)CC1)c1cccc(C=Cc2ccc3ccc(Cl)cc3n2)c1.CC(C)N. The van der Waals surface area contributed by atoms with Gasteiger partial charge in [-0.2, -0.15) is 11.8 Å². The second-order valence-electron chi connectivity index (χ2n) is 12.9. The van der Waals surface area contributed by atoms with Crippen molar-refractivity contribution in [1.29, 1.82) is 0 Å². The van der Waals surface area contributed by atoms with Crippen LogP contribution in [0.1, 0.15) is 86.6 Å². The molecule has 238 valence electrons. The summed E-state index contributed by atoms with van der Waals surface area (Å²) in [5.41, 5.74) is 10.3. The van der Waals surface area contributed by atoms with Gasteiger partial charge in [0.05, 0.1) is 23.2 Å². The lowest BCUT2D eigenvalue weighted by molar-refractivity contribution is -0.138. The highest BCUT2D eigenvalue weighted by Gasteiger charge is 2.44. The average molecular weight is 645 g/mol. The Morgan fingerprint density at radius 2 is 1.76 bits per heavy atom. The summed E-state index contributed by atoms with van der Waals surface area (Å²) in [5, 5.41) is 22.1. The Hall–Kier alpha value is -3.16. The summed E-state index contributed by atoms with van der Waals surface area (Å²) < 4.78 is 0. The van der Waals surface area contributed by atoms with E-state index in [1.807, 2.05) is 88.0 Å². The quantitative estimate of drug-likeness (QED) is 0.142. The Labute approximate surface area is 276 Å². The minimum atomic E-state index is -0.911. The van der Waals surface area contributed by atoms with Gasteiger partial charge in [-0.25, -0.2) is 4.98 Å². The third kappa shape index (κ3) is 10.7. The predicted octanol–water partition coefficient (Wildman–Crippen LogP) is 9.30. The van der Waals surface area contributed by atoms with Crippen molar-refractivity contribution in [3.05, 3.63) is 112 Å². The van der Waals surface area contributed by atoms with E-state index in [0.29, 0.717) is 11.1 Å². The van der Waals surface area contributed by atoms with E-state index in [0.717, 1.165) is 64.7 Å². The summed E-state index contributed by atoms with van der Waals surface area (Å²) in [6, 6.07) is 26.8. The lowest BCUT2D eigenvalue weighted by Gasteiger charge is -2.24. The maximum atomic E-state index is 11.5. The second kappa shape index (κ2) is 15.4. The molecule has 45 heavy (non-hydrogen) atoms. The van der Waals surface area contributed by atoms with Crippen LogP contribution in [-0.2, 0) is 16.8 Å². The van der Waals surface area contributed by atoms with Crippen LogP contribution in [0.2, 0.25) is 5.02 Å². The Kier molecular flexibility index (Phi) is 11.9. The molecule has 1 fully saturated rings. The molecule has 5 rings (SSSR count). The van der Waals surface area contributed by atoms with Gasteiger partial charge < -0.3 is 15.9 Å². The van der Waals surface area contributed by atoms with Gasteiger partial charge in [-0.3, -0.25) is 4.79 Å². The molecule has 4 aromatic rings. The molecule has 0 spiro atoms. The van der Waals surface area contributed by atoms with Crippen molar-refractivity contribution >= 4 is 52.4 Å². The van der Waals surface area contributed by atoms with Gasteiger partial charge in [0.25, 0.3) is 0 Å². The van der Waals surface area contributed by atoms with E-state index in [1.54, 1.807) is 0 Å². The summed E-state index contributed by atoms with van der Waals surface area (Å²) in [4.78, 5) is 16.2. The van der Waals surface area contributed by atoms with E-state index in [-0.39, 0.29) is 17.1 Å². The number of pyridine rings is 1. The number of halogens is 1. The zero-order valence-corrected chi connectivity index (χ0v) is 28.2. The first-order chi connectivity index (χ1) is 21.3. The number of thioether (sulfide) groups is 1. The normalized spacial score (nSPS) is 14.8. The standard InChI is InChI=1S/C35H36ClNO3S.C3H9N/c1-34(2,40)30-9-4-3-7-25(30)13-17-32(41-23-35(18-19-35)22-33(38)39)27-8-5-6-24(20-27)10-15-29-16-12-26-11-14-28(36)21-31(26)37-29;1-3(2)4/h3-12,14-16,20-21,32,40H,13,17-19,22-23H2,1-2H3,(H,38,39);3H,4H2,1-2H3/t32-;/m1./s1. The zero-order chi connectivity index (χ0) is 32.6. The number of carboxylic acid groups (broad SMARTS) is 1. The largest absolute Gasteiger partial charge is 0.481 e. The number of benzene rings is 3. The van der Waals surface area contributed by atoms with Crippen molar-refractivity contribution in [2.24, 2.45) is 11.1 Å². The Morgan fingerprint density at radius 3 is 2.44 bits per heavy atom. The van der Waals surface area contributed by atoms with Crippen molar-refractivity contribution < 1.29 is 15.0 Å². The van der Waals surface area contributed by atoms with Crippen LogP contribution in [0.25, 0.3) is 23.1 Å². The number of carboxylic acids is 1. The highest BCUT2D eigenvalue weighted by atomic mass is 35.5. The fraction of sp³-hybridized carbons (Fsp3) is 0.368. The predicted molar refractivity (Wildman–Crippen MR) is 191 cm³/mol. The molecule has 4 N–H and O–H groups in total. The molecule has 1 aliphatic rings. The molecule has 0 radical (unpaired) electrons. The molecule has 1 saturated carbocycles. The first-order valence-corrected chi connectivity index (χ1v) is 17.0. The van der Waals surface area contributed by atoms with Crippen LogP contribution in [0.15, 0.2) is 78.9 Å². The van der Waals surface area contributed by atoms with Crippen LogP contribution in [0.3, 0.4) is 0 Å². The molecule has 3 aromatic carbocycles. The van der Waals surface area contributed by atoms with Crippen molar-refractivity contribution in [1.82, 2.24) is 4.98 Å². The van der Waals surface area contributed by atoms with Gasteiger partial charge in [-0.05, 0) is 97.5 Å². The third-order valence-corrected chi connectivity index (χ3v) is 9.76. The number of aromatic nitrogens is 1. The molecule has 0 bridgehead atoms. The van der Waals surface area contributed by atoms with E-state index in [4.69, 9.17) is 22.3 Å². The number of nitrogens with two attached hydrogens (primary N) is 1. The number of hydrogen-bond donors (Lipinski definition) is 3. The van der Waals surface area contributed by atoms with Crippen LogP contribution in [0, 0.1) is 5.41 Å². The highest BCUT2D eigenvalue weighted by Crippen LogP contribution is 2.53. The van der Waals surface area contributed by atoms with Gasteiger partial charge in [0, 0.05) is 21.4 Å². The smallest absolute Gasteiger partial charge is 0.303 e. The maximum absolute atomic E-state index is 11.5. The molecule has 1 aliphatic carbocycles. The topological polar surface area (TPSA) is 96.4 Å². The number of fused-ring (bicyclic) bond motifs is 1. The number of hydrogen-bond acceptors (Lipinski definition) is 5. The average Bonchev–Trinajstić information content (AvgIpc) is 3.74. The van der Waals surface area contributed by atoms with E-state index >= 15 is 0 Å². The van der Waals surface area contributed by atoms with Crippen molar-refractivity contribution in [3.8, 4) is 0 Å². The zero-order valence-electron chi connectivity index (χ0n) is 26.7. The van der Waals surface area contributed by atoms with Gasteiger partial charge in [0.1, 0.15) is 0 Å². The van der Waals surface area contributed by atoms with Gasteiger partial charge in [-0.15, -0.1) is 0 Å². The van der Waals surface area contributed by atoms with Crippen LogP contribution < -0.4 is 5.73 Å². The maximum Gasteiger partial charge on any atom is 0.303 e. The molecule has 0 saturated heterocycles. The molecular weight excluding hydrogens is 600 g/mol. The summed E-state index contributed by atoms with van der Waals surface area (Å²) in [6.45, 7) is 7.55. The first-order valence-electron chi connectivity index (χ1n) is 15.6. The molecular formula is C38H45ClN2O3S. The number of aliphatic hydroxyl groups is 1. The summed E-state index contributed by atoms with van der Waals surface area (Å²) in [5.74, 6) is 0.122. The lowest BCUT2D eigenvalue weighted by Crippen LogP contribution is -2.18. The number of aliphatic carboxylic acids is 1. The van der Waals surface area contributed by atoms with Crippen molar-refractivity contribution in [3.63, 3.8) is 0 Å². The van der Waals surface area contributed by atoms with Gasteiger partial charge in [-0.1, -0.05) is 92.2 Å². The van der Waals surface area contributed by atoms with Crippen molar-refractivity contribution in [2.75, 3.05) is 5.75 Å². The molecule has 1 aromatic heterocycles. The first kappa shape index (κ1) is 34.7. The Balaban J connectivity index is 0.00000109. The Bertz CT molecular complexity index is 1620. The fourth-order valence-electron chi connectivity index (χ4n) is 5.36. The number of carbonyl (C=O) groups is 1. The van der Waals surface area contributed by atoms with Crippen LogP contribution in [-0.4, -0.2) is 33.0 Å². The van der Waals surface area contributed by atoms with Gasteiger partial charge >= 0.3 is 5.97 Å². The molecule has 0 amide bonds. The number of rotatable bonds is 12. The molecule has 7 heteroatoms. The monoisotopic (exact) mass is 644 g/mol. The minimum absolute atomic E-state index is 0.0814. The van der Waals surface area contributed by atoms with Gasteiger partial charge in [0.2, 0.25) is 0 Å². The molecule has 0 aliphatic heterocycles. The lowest BCUT2D eigenvalue weighted by atomic mass is 9.90. The second-order valence-corrected chi connectivity index (χ2v) is 14.6. The third-order valence-electron chi connectivity index (χ3n) is 7.83. The minimum Gasteiger partial charge on any atom is -0.481 e. The molecule has 1 atom stereocenters. The summed E-state index contributed by atoms with van der Waals surface area (Å²) >= 11 is 8.04. The number of nitrogens with zero attached hydrogens (tertiary/aromatic N) is 1. The molecule has 5 nitrogen and oxygen atoms in total. The van der Waals surface area contributed by atoms with E-state index in [2.05, 4.69) is 42.5 Å². The van der Waals surface area contributed by atoms with E-state index in [1.165, 1.54) is 5.56 Å². The highest BCUT2D eigenvalue weighted by molar-refractivity contribution is 7.99. The summed E-state index contributed by atoms with van der Waals surface area (Å²) in [7, 11) is 0. The van der Waals surface area contributed by atoms with Crippen molar-refractivity contribution in [2.45, 2.75) is 76.7 Å². The summed E-state index contributed by atoms with van der Waals surface area (Å²) in [6.07, 6.45) is 8.02. The van der Waals surface area contributed by atoms with Gasteiger partial charge in [0.15, 0.2) is 0 Å². The van der Waals surface area contributed by atoms with Crippen LogP contribution in [0.5, 0.6) is 0 Å². The van der Waals surface area contributed by atoms with Crippen LogP contribution in [0.4, 0.5) is 0 Å². The van der Waals surface area contributed by atoms with E-state index < -0.39 is 11.6 Å².